The zero-order chi connectivity index (χ0) is 10.2. The fraction of sp³-hybridized carbons (Fsp3) is 0.800. The Morgan fingerprint density at radius 3 is 2.93 bits per heavy atom. The van der Waals surface area contributed by atoms with Gasteiger partial charge in [0.1, 0.15) is 12.2 Å². The fourth-order valence-corrected chi connectivity index (χ4v) is 1.80. The summed E-state index contributed by atoms with van der Waals surface area (Å²) in [4.78, 5) is 6.75. The van der Waals surface area contributed by atoms with E-state index in [9.17, 15) is 0 Å². The molecule has 2 rings (SSSR count). The van der Waals surface area contributed by atoms with Gasteiger partial charge >= 0.3 is 0 Å². The standard InChI is InChI=1S/C10H18N4/c1-4-10(2,3)13-5-6-14-9(7-13)11-8-12-14/h8H,4-7H2,1-3H3. The van der Waals surface area contributed by atoms with Crippen molar-refractivity contribution < 1.29 is 0 Å². The van der Waals surface area contributed by atoms with Gasteiger partial charge in [-0.3, -0.25) is 4.90 Å². The van der Waals surface area contributed by atoms with Crippen molar-refractivity contribution in [3.8, 4) is 0 Å². The van der Waals surface area contributed by atoms with Crippen molar-refractivity contribution in [1.82, 2.24) is 19.7 Å². The van der Waals surface area contributed by atoms with E-state index in [1.165, 1.54) is 6.42 Å². The van der Waals surface area contributed by atoms with Crippen molar-refractivity contribution >= 4 is 0 Å². The molecule has 1 aromatic rings. The Bertz CT molecular complexity index is 316. The molecule has 0 saturated heterocycles. The number of hydrogen-bond acceptors (Lipinski definition) is 3. The molecule has 0 bridgehead atoms. The third-order valence-corrected chi connectivity index (χ3v) is 3.33. The Morgan fingerprint density at radius 1 is 1.43 bits per heavy atom. The van der Waals surface area contributed by atoms with E-state index in [0.717, 1.165) is 25.5 Å². The fourth-order valence-electron chi connectivity index (χ4n) is 1.80. The molecular formula is C10H18N4. The molecule has 0 aromatic carbocycles. The highest BCUT2D eigenvalue weighted by atomic mass is 15.4. The van der Waals surface area contributed by atoms with Crippen LogP contribution in [0.1, 0.15) is 33.0 Å². The molecule has 0 atom stereocenters. The summed E-state index contributed by atoms with van der Waals surface area (Å²) in [6.45, 7) is 9.80. The average molecular weight is 194 g/mol. The van der Waals surface area contributed by atoms with Gasteiger partial charge in [0.05, 0.1) is 13.1 Å². The van der Waals surface area contributed by atoms with Gasteiger partial charge in [0.15, 0.2) is 0 Å². The Labute approximate surface area is 84.9 Å². The molecule has 1 aliphatic heterocycles. The smallest absolute Gasteiger partial charge is 0.141 e. The van der Waals surface area contributed by atoms with Crippen molar-refractivity contribution in [3.63, 3.8) is 0 Å². The van der Waals surface area contributed by atoms with Gasteiger partial charge in [-0.25, -0.2) is 9.67 Å². The van der Waals surface area contributed by atoms with E-state index in [0.29, 0.717) is 0 Å². The number of rotatable bonds is 2. The lowest BCUT2D eigenvalue weighted by Crippen LogP contribution is -2.47. The number of hydrogen-bond donors (Lipinski definition) is 0. The highest BCUT2D eigenvalue weighted by molar-refractivity contribution is 4.93. The summed E-state index contributed by atoms with van der Waals surface area (Å²) < 4.78 is 2.00. The SMILES string of the molecule is CCC(C)(C)N1CCn2ncnc2C1. The lowest BCUT2D eigenvalue weighted by atomic mass is 9.98. The van der Waals surface area contributed by atoms with Crippen molar-refractivity contribution in [3.05, 3.63) is 12.2 Å². The lowest BCUT2D eigenvalue weighted by molar-refractivity contribution is 0.0792. The van der Waals surface area contributed by atoms with Crippen LogP contribution in [0.25, 0.3) is 0 Å². The first-order chi connectivity index (χ1) is 6.63. The van der Waals surface area contributed by atoms with Gasteiger partial charge in [-0.15, -0.1) is 0 Å². The number of nitrogens with zero attached hydrogens (tertiary/aromatic N) is 4. The summed E-state index contributed by atoms with van der Waals surface area (Å²) in [5, 5.41) is 4.18. The molecule has 1 aliphatic rings. The summed E-state index contributed by atoms with van der Waals surface area (Å²) in [5.41, 5.74) is 0.275. The second-order valence-electron chi connectivity index (χ2n) is 4.49. The molecule has 14 heavy (non-hydrogen) atoms. The molecule has 0 aliphatic carbocycles. The summed E-state index contributed by atoms with van der Waals surface area (Å²) in [6.07, 6.45) is 2.82. The number of aromatic nitrogens is 3. The predicted molar refractivity (Wildman–Crippen MR) is 54.8 cm³/mol. The van der Waals surface area contributed by atoms with Crippen LogP contribution in [0.15, 0.2) is 6.33 Å². The largest absolute Gasteiger partial charge is 0.289 e. The molecular weight excluding hydrogens is 176 g/mol. The Morgan fingerprint density at radius 2 is 2.21 bits per heavy atom. The molecule has 0 unspecified atom stereocenters. The molecule has 0 spiro atoms. The molecule has 1 aromatic heterocycles. The molecule has 78 valence electrons. The maximum Gasteiger partial charge on any atom is 0.141 e. The van der Waals surface area contributed by atoms with Crippen LogP contribution in [0.2, 0.25) is 0 Å². The topological polar surface area (TPSA) is 34.0 Å². The third kappa shape index (κ3) is 1.54. The van der Waals surface area contributed by atoms with E-state index in [2.05, 4.69) is 35.8 Å². The normalized spacial score (nSPS) is 18.2. The highest BCUT2D eigenvalue weighted by Crippen LogP contribution is 2.22. The minimum absolute atomic E-state index is 0.275. The van der Waals surface area contributed by atoms with Gasteiger partial charge in [0, 0.05) is 12.1 Å². The maximum absolute atomic E-state index is 4.26. The third-order valence-electron chi connectivity index (χ3n) is 3.33. The van der Waals surface area contributed by atoms with Crippen molar-refractivity contribution in [2.75, 3.05) is 6.54 Å². The van der Waals surface area contributed by atoms with Crippen LogP contribution >= 0.6 is 0 Å². The predicted octanol–water partition coefficient (Wildman–Crippen LogP) is 1.28. The number of fused-ring (bicyclic) bond motifs is 1. The monoisotopic (exact) mass is 194 g/mol. The van der Waals surface area contributed by atoms with Gasteiger partial charge in [0.25, 0.3) is 0 Å². The van der Waals surface area contributed by atoms with Gasteiger partial charge in [-0.2, -0.15) is 5.10 Å². The van der Waals surface area contributed by atoms with Gasteiger partial charge in [-0.1, -0.05) is 6.92 Å². The molecule has 0 saturated carbocycles. The van der Waals surface area contributed by atoms with E-state index in [1.807, 2.05) is 4.68 Å². The molecule has 2 heterocycles. The lowest BCUT2D eigenvalue weighted by Gasteiger charge is -2.39. The van der Waals surface area contributed by atoms with Crippen LogP contribution < -0.4 is 0 Å². The van der Waals surface area contributed by atoms with Gasteiger partial charge < -0.3 is 0 Å². The zero-order valence-corrected chi connectivity index (χ0v) is 9.19. The molecule has 4 heteroatoms. The zero-order valence-electron chi connectivity index (χ0n) is 9.19. The maximum atomic E-state index is 4.26. The van der Waals surface area contributed by atoms with Crippen molar-refractivity contribution in [2.45, 2.75) is 45.8 Å². The van der Waals surface area contributed by atoms with Crippen LogP contribution in [-0.4, -0.2) is 31.7 Å². The first kappa shape index (κ1) is 9.65. The first-order valence-corrected chi connectivity index (χ1v) is 5.25. The summed E-state index contributed by atoms with van der Waals surface area (Å²) in [5.74, 6) is 1.10. The van der Waals surface area contributed by atoms with Crippen LogP contribution in [0.4, 0.5) is 0 Å². The van der Waals surface area contributed by atoms with Crippen LogP contribution in [-0.2, 0) is 13.1 Å². The highest BCUT2D eigenvalue weighted by Gasteiger charge is 2.28. The summed E-state index contributed by atoms with van der Waals surface area (Å²) in [7, 11) is 0. The quantitative estimate of drug-likeness (QED) is 0.711. The molecule has 0 fully saturated rings. The molecule has 0 amide bonds. The second kappa shape index (κ2) is 3.35. The Balaban J connectivity index is 2.15. The summed E-state index contributed by atoms with van der Waals surface area (Å²) in [6, 6.07) is 0. The molecule has 0 N–H and O–H groups in total. The average Bonchev–Trinajstić information content (AvgIpc) is 2.64. The molecule has 4 nitrogen and oxygen atoms in total. The van der Waals surface area contributed by atoms with Crippen LogP contribution in [0, 0.1) is 0 Å². The van der Waals surface area contributed by atoms with Gasteiger partial charge in [0.2, 0.25) is 0 Å². The van der Waals surface area contributed by atoms with E-state index >= 15 is 0 Å². The van der Waals surface area contributed by atoms with E-state index in [4.69, 9.17) is 0 Å². The Hall–Kier alpha value is -0.900. The van der Waals surface area contributed by atoms with Crippen molar-refractivity contribution in [2.24, 2.45) is 0 Å². The van der Waals surface area contributed by atoms with E-state index < -0.39 is 0 Å². The minimum atomic E-state index is 0.275. The second-order valence-corrected chi connectivity index (χ2v) is 4.49. The van der Waals surface area contributed by atoms with E-state index in [-0.39, 0.29) is 5.54 Å². The minimum Gasteiger partial charge on any atom is -0.289 e. The summed E-state index contributed by atoms with van der Waals surface area (Å²) >= 11 is 0. The first-order valence-electron chi connectivity index (χ1n) is 5.25. The Kier molecular flexibility index (Phi) is 2.31. The molecule has 0 radical (unpaired) electrons. The van der Waals surface area contributed by atoms with E-state index in [1.54, 1.807) is 6.33 Å². The van der Waals surface area contributed by atoms with Crippen LogP contribution in [0.5, 0.6) is 0 Å². The van der Waals surface area contributed by atoms with Gasteiger partial charge in [-0.05, 0) is 20.3 Å². The van der Waals surface area contributed by atoms with Crippen LogP contribution in [0.3, 0.4) is 0 Å². The van der Waals surface area contributed by atoms with Crippen molar-refractivity contribution in [1.29, 1.82) is 0 Å².